The van der Waals surface area contributed by atoms with Gasteiger partial charge in [0.2, 0.25) is 11.1 Å². The van der Waals surface area contributed by atoms with Crippen molar-refractivity contribution >= 4 is 52.5 Å². The number of hydrogen-bond acceptors (Lipinski definition) is 5. The number of rotatable bonds is 7. The number of nitrogens with zero attached hydrogens (tertiary/aromatic N) is 3. The third kappa shape index (κ3) is 5.32. The van der Waals surface area contributed by atoms with E-state index in [1.54, 1.807) is 18.2 Å². The molecule has 0 atom stereocenters. The van der Waals surface area contributed by atoms with Gasteiger partial charge in [0.1, 0.15) is 0 Å². The smallest absolute Gasteiger partial charge is 0.230 e. The fraction of sp³-hybridized carbons (Fsp3) is 0.167. The van der Waals surface area contributed by atoms with Crippen molar-refractivity contribution in [3.8, 4) is 11.4 Å². The SMILES string of the molecule is Nn1c(SCC(=O)NCCc2ccc(Cl)cc2)nnc1-c1cc(Cl)ccc1Cl. The maximum Gasteiger partial charge on any atom is 0.230 e. The second kappa shape index (κ2) is 9.52. The summed E-state index contributed by atoms with van der Waals surface area (Å²) < 4.78 is 1.29. The maximum atomic E-state index is 12.1. The van der Waals surface area contributed by atoms with Gasteiger partial charge in [0.25, 0.3) is 0 Å². The van der Waals surface area contributed by atoms with Gasteiger partial charge in [0.15, 0.2) is 5.82 Å². The molecule has 0 spiro atoms. The molecule has 1 amide bonds. The standard InChI is InChI=1S/C18H16Cl3N5OS/c19-12-3-1-11(2-4-12)7-8-23-16(27)10-28-18-25-24-17(26(18)22)14-9-13(20)5-6-15(14)21/h1-6,9H,7-8,10,22H2,(H,23,27). The normalized spacial score (nSPS) is 10.8. The van der Waals surface area contributed by atoms with Gasteiger partial charge in [-0.25, -0.2) is 4.68 Å². The van der Waals surface area contributed by atoms with E-state index < -0.39 is 0 Å². The van der Waals surface area contributed by atoms with Gasteiger partial charge in [-0.05, 0) is 42.3 Å². The summed E-state index contributed by atoms with van der Waals surface area (Å²) in [6.45, 7) is 0.527. The number of hydrogen-bond donors (Lipinski definition) is 2. The molecule has 0 aliphatic heterocycles. The predicted octanol–water partition coefficient (Wildman–Crippen LogP) is 4.07. The molecule has 1 heterocycles. The largest absolute Gasteiger partial charge is 0.355 e. The predicted molar refractivity (Wildman–Crippen MR) is 115 cm³/mol. The van der Waals surface area contributed by atoms with Crippen LogP contribution in [0, 0.1) is 0 Å². The number of benzene rings is 2. The van der Waals surface area contributed by atoms with Gasteiger partial charge in [-0.1, -0.05) is 58.7 Å². The van der Waals surface area contributed by atoms with Gasteiger partial charge in [0, 0.05) is 22.2 Å². The average Bonchev–Trinajstić information content (AvgIpc) is 3.04. The zero-order chi connectivity index (χ0) is 20.1. The first-order valence-electron chi connectivity index (χ1n) is 8.24. The Bertz CT molecular complexity index is 978. The van der Waals surface area contributed by atoms with Crippen LogP contribution in [0.4, 0.5) is 0 Å². The molecule has 0 aliphatic rings. The molecule has 28 heavy (non-hydrogen) atoms. The van der Waals surface area contributed by atoms with E-state index in [0.29, 0.717) is 38.2 Å². The summed E-state index contributed by atoms with van der Waals surface area (Å²) in [4.78, 5) is 12.1. The first kappa shape index (κ1) is 20.8. The lowest BCUT2D eigenvalue weighted by Gasteiger charge is -2.07. The highest BCUT2D eigenvalue weighted by atomic mass is 35.5. The molecule has 2 aromatic carbocycles. The zero-order valence-corrected chi connectivity index (χ0v) is 17.6. The van der Waals surface area contributed by atoms with E-state index in [9.17, 15) is 4.79 Å². The summed E-state index contributed by atoms with van der Waals surface area (Å²) in [6.07, 6.45) is 0.720. The van der Waals surface area contributed by atoms with Crippen molar-refractivity contribution in [1.82, 2.24) is 20.2 Å². The molecule has 6 nitrogen and oxygen atoms in total. The number of nitrogens with one attached hydrogen (secondary N) is 1. The summed E-state index contributed by atoms with van der Waals surface area (Å²) in [5, 5.41) is 13.0. The molecule has 3 aromatic rings. The van der Waals surface area contributed by atoms with E-state index in [0.717, 1.165) is 12.0 Å². The highest BCUT2D eigenvalue weighted by Gasteiger charge is 2.16. The number of carbonyl (C=O) groups excluding carboxylic acids is 1. The van der Waals surface area contributed by atoms with Crippen LogP contribution in [0.3, 0.4) is 0 Å². The highest BCUT2D eigenvalue weighted by molar-refractivity contribution is 7.99. The van der Waals surface area contributed by atoms with Gasteiger partial charge in [-0.3, -0.25) is 4.79 Å². The van der Waals surface area contributed by atoms with Crippen molar-refractivity contribution in [3.63, 3.8) is 0 Å². The lowest BCUT2D eigenvalue weighted by atomic mass is 10.1. The molecule has 3 rings (SSSR count). The minimum Gasteiger partial charge on any atom is -0.355 e. The lowest BCUT2D eigenvalue weighted by Crippen LogP contribution is -2.27. The molecule has 0 saturated heterocycles. The van der Waals surface area contributed by atoms with E-state index in [1.807, 2.05) is 24.3 Å². The number of carbonyl (C=O) groups is 1. The monoisotopic (exact) mass is 455 g/mol. The second-order valence-corrected chi connectivity index (χ2v) is 8.04. The van der Waals surface area contributed by atoms with Gasteiger partial charge in [-0.15, -0.1) is 10.2 Å². The van der Waals surface area contributed by atoms with Crippen LogP contribution in [0.5, 0.6) is 0 Å². The Morgan fingerprint density at radius 2 is 1.79 bits per heavy atom. The van der Waals surface area contributed by atoms with Crippen molar-refractivity contribution in [1.29, 1.82) is 0 Å². The van der Waals surface area contributed by atoms with Crippen LogP contribution in [-0.2, 0) is 11.2 Å². The van der Waals surface area contributed by atoms with Crippen LogP contribution in [0.15, 0.2) is 47.6 Å². The van der Waals surface area contributed by atoms with Crippen molar-refractivity contribution in [2.24, 2.45) is 0 Å². The number of thioether (sulfide) groups is 1. The molecule has 0 unspecified atom stereocenters. The molecule has 1 aromatic heterocycles. The molecule has 10 heteroatoms. The molecular weight excluding hydrogens is 441 g/mol. The third-order valence-electron chi connectivity index (χ3n) is 3.82. The fourth-order valence-electron chi connectivity index (χ4n) is 2.41. The Balaban J connectivity index is 1.53. The Morgan fingerprint density at radius 3 is 2.54 bits per heavy atom. The van der Waals surface area contributed by atoms with E-state index in [1.165, 1.54) is 16.4 Å². The Labute approximate surface area is 181 Å². The van der Waals surface area contributed by atoms with Crippen LogP contribution < -0.4 is 11.2 Å². The van der Waals surface area contributed by atoms with Gasteiger partial charge in [-0.2, -0.15) is 0 Å². The van der Waals surface area contributed by atoms with Gasteiger partial charge in [0.05, 0.1) is 10.8 Å². The third-order valence-corrected chi connectivity index (χ3v) is 5.58. The van der Waals surface area contributed by atoms with Crippen molar-refractivity contribution < 1.29 is 4.79 Å². The van der Waals surface area contributed by atoms with Gasteiger partial charge < -0.3 is 11.2 Å². The average molecular weight is 457 g/mol. The van der Waals surface area contributed by atoms with Crippen LogP contribution in [0.2, 0.25) is 15.1 Å². The quantitative estimate of drug-likeness (QED) is 0.413. The van der Waals surface area contributed by atoms with Crippen LogP contribution in [0.25, 0.3) is 11.4 Å². The number of halogens is 3. The summed E-state index contributed by atoms with van der Waals surface area (Å²) in [5.41, 5.74) is 1.67. The lowest BCUT2D eigenvalue weighted by molar-refractivity contribution is -0.118. The summed E-state index contributed by atoms with van der Waals surface area (Å²) in [7, 11) is 0. The second-order valence-electron chi connectivity index (χ2n) is 5.82. The maximum absolute atomic E-state index is 12.1. The van der Waals surface area contributed by atoms with E-state index in [2.05, 4.69) is 15.5 Å². The number of nitrogen functional groups attached to an aromatic ring is 1. The summed E-state index contributed by atoms with van der Waals surface area (Å²) in [6, 6.07) is 12.5. The molecule has 0 aliphatic carbocycles. The van der Waals surface area contributed by atoms with Crippen LogP contribution in [-0.4, -0.2) is 33.1 Å². The molecule has 3 N–H and O–H groups in total. The van der Waals surface area contributed by atoms with E-state index in [-0.39, 0.29) is 11.7 Å². The molecule has 0 fully saturated rings. The Hall–Kier alpha value is -1.93. The number of amides is 1. The van der Waals surface area contributed by atoms with Crippen LogP contribution in [0.1, 0.15) is 5.56 Å². The molecular formula is C18H16Cl3N5OS. The van der Waals surface area contributed by atoms with Crippen molar-refractivity contribution in [2.75, 3.05) is 18.1 Å². The number of nitrogens with two attached hydrogens (primary N) is 1. The van der Waals surface area contributed by atoms with Gasteiger partial charge >= 0.3 is 0 Å². The molecule has 0 radical (unpaired) electrons. The minimum absolute atomic E-state index is 0.121. The molecule has 0 bridgehead atoms. The van der Waals surface area contributed by atoms with Crippen molar-refractivity contribution in [2.45, 2.75) is 11.6 Å². The van der Waals surface area contributed by atoms with E-state index in [4.69, 9.17) is 40.6 Å². The summed E-state index contributed by atoms with van der Waals surface area (Å²) in [5.74, 6) is 6.47. The first-order chi connectivity index (χ1) is 13.4. The minimum atomic E-state index is -0.121. The first-order valence-corrected chi connectivity index (χ1v) is 10.4. The Kier molecular flexibility index (Phi) is 7.07. The fourth-order valence-corrected chi connectivity index (χ4v) is 3.59. The Morgan fingerprint density at radius 1 is 1.07 bits per heavy atom. The molecule has 146 valence electrons. The molecule has 0 saturated carbocycles. The highest BCUT2D eigenvalue weighted by Crippen LogP contribution is 2.30. The topological polar surface area (TPSA) is 85.8 Å². The van der Waals surface area contributed by atoms with Crippen LogP contribution >= 0.6 is 46.6 Å². The van der Waals surface area contributed by atoms with Crippen molar-refractivity contribution in [3.05, 3.63) is 63.1 Å². The zero-order valence-electron chi connectivity index (χ0n) is 14.5. The summed E-state index contributed by atoms with van der Waals surface area (Å²) >= 11 is 19.2. The number of aromatic nitrogens is 3. The van der Waals surface area contributed by atoms with E-state index >= 15 is 0 Å².